The maximum absolute atomic E-state index is 5.79. The Labute approximate surface area is 179 Å². The molecule has 1 aromatic rings. The molecule has 8 heteroatoms. The number of aromatic nitrogens is 1. The zero-order chi connectivity index (χ0) is 18.5. The summed E-state index contributed by atoms with van der Waals surface area (Å²) in [5, 5.41) is 6.60. The Kier molecular flexibility index (Phi) is 13.2. The van der Waals surface area contributed by atoms with E-state index in [1.807, 2.05) is 12.1 Å². The molecule has 0 amide bonds. The second kappa shape index (κ2) is 14.9. The third-order valence-corrected chi connectivity index (χ3v) is 4.22. The van der Waals surface area contributed by atoms with E-state index in [1.54, 1.807) is 13.3 Å². The van der Waals surface area contributed by atoms with Crippen LogP contribution in [-0.4, -0.2) is 57.6 Å². The number of hydrogen-bond donors (Lipinski definition) is 2. The van der Waals surface area contributed by atoms with Crippen molar-refractivity contribution in [1.82, 2.24) is 15.6 Å². The number of nitrogens with zero attached hydrogens (tertiary/aromatic N) is 2. The number of guanidine groups is 1. The first-order valence-electron chi connectivity index (χ1n) is 9.48. The first kappa shape index (κ1) is 23.9. The predicted octanol–water partition coefficient (Wildman–Crippen LogP) is 2.60. The Hall–Kier alpha value is -1.13. The van der Waals surface area contributed by atoms with Crippen LogP contribution in [0.3, 0.4) is 0 Å². The van der Waals surface area contributed by atoms with Crippen molar-refractivity contribution < 1.29 is 14.2 Å². The van der Waals surface area contributed by atoms with Crippen molar-refractivity contribution >= 4 is 29.9 Å². The lowest BCUT2D eigenvalue weighted by Crippen LogP contribution is -2.38. The molecule has 1 saturated heterocycles. The summed E-state index contributed by atoms with van der Waals surface area (Å²) in [5.41, 5.74) is 1.04. The van der Waals surface area contributed by atoms with Gasteiger partial charge in [0.2, 0.25) is 5.88 Å². The van der Waals surface area contributed by atoms with Gasteiger partial charge in [0.25, 0.3) is 0 Å². The van der Waals surface area contributed by atoms with Crippen molar-refractivity contribution in [2.24, 2.45) is 10.9 Å². The predicted molar refractivity (Wildman–Crippen MR) is 118 cm³/mol. The summed E-state index contributed by atoms with van der Waals surface area (Å²) in [4.78, 5) is 8.79. The fourth-order valence-corrected chi connectivity index (χ4v) is 2.68. The van der Waals surface area contributed by atoms with E-state index < -0.39 is 0 Å². The van der Waals surface area contributed by atoms with Gasteiger partial charge in [-0.1, -0.05) is 6.07 Å². The highest BCUT2D eigenvalue weighted by Gasteiger charge is 2.13. The van der Waals surface area contributed by atoms with Crippen LogP contribution in [0.4, 0.5) is 0 Å². The summed E-state index contributed by atoms with van der Waals surface area (Å²) in [7, 11) is 1.61. The van der Waals surface area contributed by atoms with Gasteiger partial charge in [0.05, 0.1) is 13.7 Å². The third kappa shape index (κ3) is 10.1. The minimum atomic E-state index is 0. The van der Waals surface area contributed by atoms with Gasteiger partial charge in [-0.25, -0.2) is 9.98 Å². The second-order valence-electron chi connectivity index (χ2n) is 6.31. The topological polar surface area (TPSA) is 77.0 Å². The Morgan fingerprint density at radius 3 is 2.78 bits per heavy atom. The number of halogens is 1. The first-order chi connectivity index (χ1) is 12.8. The van der Waals surface area contributed by atoms with Crippen molar-refractivity contribution in [1.29, 1.82) is 0 Å². The number of methoxy groups -OCH3 is 1. The molecule has 0 bridgehead atoms. The summed E-state index contributed by atoms with van der Waals surface area (Å²) >= 11 is 0. The molecule has 0 atom stereocenters. The summed E-state index contributed by atoms with van der Waals surface area (Å²) in [6.45, 7) is 7.67. The van der Waals surface area contributed by atoms with Crippen LogP contribution in [0.25, 0.3) is 0 Å². The van der Waals surface area contributed by atoms with E-state index in [-0.39, 0.29) is 24.0 Å². The molecule has 1 fully saturated rings. The van der Waals surface area contributed by atoms with Crippen molar-refractivity contribution in [2.45, 2.75) is 32.7 Å². The van der Waals surface area contributed by atoms with Crippen LogP contribution in [0.2, 0.25) is 0 Å². The van der Waals surface area contributed by atoms with Crippen LogP contribution >= 0.6 is 24.0 Å². The minimum absolute atomic E-state index is 0. The van der Waals surface area contributed by atoms with Gasteiger partial charge in [0, 0.05) is 51.8 Å². The fraction of sp³-hybridized carbons (Fsp3) is 0.684. The average molecular weight is 492 g/mol. The Morgan fingerprint density at radius 2 is 2.11 bits per heavy atom. The van der Waals surface area contributed by atoms with Crippen LogP contribution in [0, 0.1) is 5.92 Å². The quantitative estimate of drug-likeness (QED) is 0.226. The Balaban J connectivity index is 0.00000364. The summed E-state index contributed by atoms with van der Waals surface area (Å²) in [6.07, 6.45) is 4.99. The Morgan fingerprint density at radius 1 is 1.30 bits per heavy atom. The molecule has 2 N–H and O–H groups in total. The number of aliphatic imine (C=N–C) groups is 1. The van der Waals surface area contributed by atoms with Crippen molar-refractivity contribution in [3.63, 3.8) is 0 Å². The summed E-state index contributed by atoms with van der Waals surface area (Å²) < 4.78 is 16.2. The molecule has 7 nitrogen and oxygen atoms in total. The van der Waals surface area contributed by atoms with Crippen LogP contribution in [-0.2, 0) is 16.0 Å². The molecule has 27 heavy (non-hydrogen) atoms. The van der Waals surface area contributed by atoms with E-state index in [9.17, 15) is 0 Å². The van der Waals surface area contributed by atoms with Gasteiger partial charge in [-0.3, -0.25) is 0 Å². The molecular formula is C19H33IN4O3. The number of nitrogens with one attached hydrogen (secondary N) is 2. The van der Waals surface area contributed by atoms with Crippen LogP contribution < -0.4 is 15.4 Å². The fourth-order valence-electron chi connectivity index (χ4n) is 2.68. The molecule has 2 heterocycles. The van der Waals surface area contributed by atoms with Gasteiger partial charge in [-0.05, 0) is 37.7 Å². The van der Waals surface area contributed by atoms with E-state index >= 15 is 0 Å². The zero-order valence-electron chi connectivity index (χ0n) is 16.4. The van der Waals surface area contributed by atoms with Crippen molar-refractivity contribution in [3.8, 4) is 5.88 Å². The molecule has 1 aliphatic rings. The van der Waals surface area contributed by atoms with E-state index in [1.165, 1.54) is 0 Å². The van der Waals surface area contributed by atoms with E-state index in [2.05, 4.69) is 27.5 Å². The normalized spacial score (nSPS) is 15.1. The van der Waals surface area contributed by atoms with E-state index in [4.69, 9.17) is 14.2 Å². The van der Waals surface area contributed by atoms with Gasteiger partial charge in [-0.15, -0.1) is 24.0 Å². The molecule has 0 unspecified atom stereocenters. The monoisotopic (exact) mass is 492 g/mol. The van der Waals surface area contributed by atoms with Crippen LogP contribution in [0.5, 0.6) is 5.88 Å². The average Bonchev–Trinajstić information content (AvgIpc) is 2.69. The lowest BCUT2D eigenvalue weighted by molar-refractivity contribution is 0.0203. The van der Waals surface area contributed by atoms with E-state index in [0.29, 0.717) is 18.3 Å². The van der Waals surface area contributed by atoms with Gasteiger partial charge in [0.1, 0.15) is 0 Å². The van der Waals surface area contributed by atoms with Gasteiger partial charge in [0.15, 0.2) is 5.96 Å². The van der Waals surface area contributed by atoms with Crippen molar-refractivity contribution in [2.75, 3.05) is 46.6 Å². The molecule has 0 saturated carbocycles. The zero-order valence-corrected chi connectivity index (χ0v) is 18.7. The lowest BCUT2D eigenvalue weighted by atomic mass is 10.0. The first-order valence-corrected chi connectivity index (χ1v) is 9.48. The molecule has 0 spiro atoms. The van der Waals surface area contributed by atoms with Crippen LogP contribution in [0.1, 0.15) is 31.7 Å². The van der Waals surface area contributed by atoms with Crippen molar-refractivity contribution in [3.05, 3.63) is 23.9 Å². The lowest BCUT2D eigenvalue weighted by Gasteiger charge is -2.21. The number of pyridine rings is 1. The third-order valence-electron chi connectivity index (χ3n) is 4.22. The minimum Gasteiger partial charge on any atom is -0.481 e. The molecule has 1 aromatic heterocycles. The van der Waals surface area contributed by atoms with Gasteiger partial charge in [-0.2, -0.15) is 0 Å². The molecule has 0 radical (unpaired) electrons. The molecule has 2 rings (SSSR count). The second-order valence-corrected chi connectivity index (χ2v) is 6.31. The highest BCUT2D eigenvalue weighted by molar-refractivity contribution is 14.0. The highest BCUT2D eigenvalue weighted by atomic mass is 127. The van der Waals surface area contributed by atoms with Gasteiger partial charge < -0.3 is 24.8 Å². The van der Waals surface area contributed by atoms with Crippen LogP contribution in [0.15, 0.2) is 23.3 Å². The van der Waals surface area contributed by atoms with Gasteiger partial charge >= 0.3 is 0 Å². The molecule has 0 aliphatic carbocycles. The number of hydrogen-bond acceptors (Lipinski definition) is 5. The maximum atomic E-state index is 5.79. The number of ether oxygens (including phenoxy) is 3. The maximum Gasteiger partial charge on any atom is 0.212 e. The molecule has 1 aliphatic heterocycles. The Bertz CT molecular complexity index is 522. The summed E-state index contributed by atoms with van der Waals surface area (Å²) in [6, 6.07) is 3.82. The molecular weight excluding hydrogens is 459 g/mol. The standard InChI is InChI=1S/C19H32N4O3.HI/c1-3-20-19(23-14-17-5-6-18(24-2)22-13-17)21-9-4-10-26-15-16-7-11-25-12-8-16;/h5-6,13,16H,3-4,7-12,14-15H2,1-2H3,(H2,20,21,23);1H. The molecule has 154 valence electrons. The molecule has 0 aromatic carbocycles. The largest absolute Gasteiger partial charge is 0.481 e. The summed E-state index contributed by atoms with van der Waals surface area (Å²) in [5.74, 6) is 2.09. The SMILES string of the molecule is CCNC(=NCc1ccc(OC)nc1)NCCCOCC1CCOCC1.I. The van der Waals surface area contributed by atoms with E-state index in [0.717, 1.165) is 70.3 Å². The smallest absolute Gasteiger partial charge is 0.212 e. The highest BCUT2D eigenvalue weighted by Crippen LogP contribution is 2.14. The number of rotatable bonds is 10.